The second kappa shape index (κ2) is 5.05. The third-order valence-corrected chi connectivity index (χ3v) is 3.82. The van der Waals surface area contributed by atoms with Gasteiger partial charge in [0.2, 0.25) is 0 Å². The van der Waals surface area contributed by atoms with Crippen LogP contribution in [0.3, 0.4) is 0 Å². The van der Waals surface area contributed by atoms with Gasteiger partial charge >= 0.3 is 0 Å². The van der Waals surface area contributed by atoms with Gasteiger partial charge in [0, 0.05) is 16.9 Å². The molecule has 0 saturated heterocycles. The van der Waals surface area contributed by atoms with E-state index in [-0.39, 0.29) is 0 Å². The fourth-order valence-electron chi connectivity index (χ4n) is 1.92. The summed E-state index contributed by atoms with van der Waals surface area (Å²) in [4.78, 5) is 4.50. The van der Waals surface area contributed by atoms with Crippen LogP contribution < -0.4 is 4.74 Å². The van der Waals surface area contributed by atoms with Crippen LogP contribution in [0.15, 0.2) is 53.3 Å². The zero-order chi connectivity index (χ0) is 13.2. The zero-order valence-electron chi connectivity index (χ0n) is 10.5. The molecule has 3 nitrogen and oxygen atoms in total. The second-order valence-electron chi connectivity index (χ2n) is 4.40. The first-order valence-electron chi connectivity index (χ1n) is 6.04. The largest absolute Gasteiger partial charge is 0.487 e. The van der Waals surface area contributed by atoms with Crippen LogP contribution in [0.5, 0.6) is 5.75 Å². The van der Waals surface area contributed by atoms with Gasteiger partial charge in [0.25, 0.3) is 0 Å². The zero-order valence-corrected chi connectivity index (χ0v) is 12.1. The molecule has 2 aromatic heterocycles. The molecule has 0 spiro atoms. The summed E-state index contributed by atoms with van der Waals surface area (Å²) in [6.07, 6.45) is 3.97. The molecule has 0 aliphatic rings. The molecule has 0 N–H and O–H groups in total. The van der Waals surface area contributed by atoms with Crippen LogP contribution in [-0.2, 0) is 6.61 Å². The first-order chi connectivity index (χ1) is 9.22. The lowest BCUT2D eigenvalue weighted by molar-refractivity contribution is 0.302. The van der Waals surface area contributed by atoms with E-state index in [1.165, 1.54) is 0 Å². The lowest BCUT2D eigenvalue weighted by Crippen LogP contribution is -1.95. The summed E-state index contributed by atoms with van der Waals surface area (Å²) in [6.45, 7) is 2.52. The van der Waals surface area contributed by atoms with Gasteiger partial charge in [-0.15, -0.1) is 0 Å². The van der Waals surface area contributed by atoms with Crippen molar-refractivity contribution in [1.29, 1.82) is 0 Å². The molecule has 0 radical (unpaired) electrons. The second-order valence-corrected chi connectivity index (χ2v) is 5.25. The third kappa shape index (κ3) is 2.63. The fourth-order valence-corrected chi connectivity index (χ4v) is 2.17. The summed E-state index contributed by atoms with van der Waals surface area (Å²) in [5.74, 6) is 0.859. The lowest BCUT2D eigenvalue weighted by Gasteiger charge is -2.05. The molecule has 0 aliphatic heterocycles. The van der Waals surface area contributed by atoms with E-state index in [0.717, 1.165) is 27.1 Å². The van der Waals surface area contributed by atoms with E-state index >= 15 is 0 Å². The van der Waals surface area contributed by atoms with Gasteiger partial charge < -0.3 is 9.14 Å². The number of benzene rings is 1. The van der Waals surface area contributed by atoms with Crippen molar-refractivity contribution in [2.24, 2.45) is 0 Å². The third-order valence-electron chi connectivity index (χ3n) is 2.93. The number of hydrogen-bond acceptors (Lipinski definition) is 2. The number of halogens is 1. The minimum Gasteiger partial charge on any atom is -0.487 e. The molecule has 2 heterocycles. The van der Waals surface area contributed by atoms with Crippen molar-refractivity contribution in [3.63, 3.8) is 0 Å². The number of aromatic nitrogens is 2. The average Bonchev–Trinajstić information content (AvgIpc) is 2.83. The molecule has 0 unspecified atom stereocenters. The Balaban J connectivity index is 1.76. The van der Waals surface area contributed by atoms with E-state index in [9.17, 15) is 0 Å². The van der Waals surface area contributed by atoms with Crippen molar-refractivity contribution in [3.8, 4) is 5.75 Å². The molecule has 4 heteroatoms. The Hall–Kier alpha value is -1.81. The van der Waals surface area contributed by atoms with Gasteiger partial charge in [-0.25, -0.2) is 4.98 Å². The van der Waals surface area contributed by atoms with Crippen molar-refractivity contribution in [2.75, 3.05) is 0 Å². The Labute approximate surface area is 120 Å². The number of rotatable bonds is 3. The monoisotopic (exact) mass is 316 g/mol. The van der Waals surface area contributed by atoms with Crippen LogP contribution in [0.1, 0.15) is 11.3 Å². The van der Waals surface area contributed by atoms with Crippen LogP contribution in [0.2, 0.25) is 0 Å². The maximum Gasteiger partial charge on any atom is 0.137 e. The lowest BCUT2D eigenvalue weighted by atomic mass is 10.2. The average molecular weight is 317 g/mol. The Kier molecular flexibility index (Phi) is 3.25. The Morgan fingerprint density at radius 3 is 2.95 bits per heavy atom. The highest BCUT2D eigenvalue weighted by Gasteiger charge is 2.03. The number of imidazole rings is 1. The maximum absolute atomic E-state index is 5.76. The highest BCUT2D eigenvalue weighted by Crippen LogP contribution is 2.22. The van der Waals surface area contributed by atoms with Gasteiger partial charge in [0.1, 0.15) is 18.0 Å². The van der Waals surface area contributed by atoms with Gasteiger partial charge in [-0.05, 0) is 42.8 Å². The van der Waals surface area contributed by atoms with Gasteiger partial charge in [-0.1, -0.05) is 22.0 Å². The molecule has 96 valence electrons. The number of aryl methyl sites for hydroxylation is 1. The Morgan fingerprint density at radius 1 is 1.26 bits per heavy atom. The Bertz CT molecular complexity index is 688. The number of pyridine rings is 1. The number of hydrogen-bond donors (Lipinski definition) is 0. The van der Waals surface area contributed by atoms with E-state index in [1.807, 2.05) is 60.1 Å². The van der Waals surface area contributed by atoms with Crippen LogP contribution in [0.4, 0.5) is 0 Å². The molecule has 0 aliphatic carbocycles. The molecular weight excluding hydrogens is 304 g/mol. The van der Waals surface area contributed by atoms with Gasteiger partial charge in [-0.3, -0.25) is 0 Å². The molecule has 1 aromatic carbocycles. The van der Waals surface area contributed by atoms with Crippen molar-refractivity contribution >= 4 is 21.6 Å². The molecule has 19 heavy (non-hydrogen) atoms. The summed E-state index contributed by atoms with van der Waals surface area (Å²) in [6, 6.07) is 11.9. The highest BCUT2D eigenvalue weighted by atomic mass is 79.9. The van der Waals surface area contributed by atoms with E-state index < -0.39 is 0 Å². The van der Waals surface area contributed by atoms with Crippen molar-refractivity contribution in [2.45, 2.75) is 13.5 Å². The van der Waals surface area contributed by atoms with Gasteiger partial charge in [0.05, 0.1) is 5.69 Å². The number of fused-ring (bicyclic) bond motifs is 1. The standard InChI is InChI=1S/C15H13BrN2O/c1-11-8-13(5-6-14(11)16)19-10-12-9-18-7-3-2-4-15(18)17-12/h2-9H,10H2,1H3. The summed E-state index contributed by atoms with van der Waals surface area (Å²) < 4.78 is 8.84. The quantitative estimate of drug-likeness (QED) is 0.730. The number of ether oxygens (including phenoxy) is 1. The number of nitrogens with zero attached hydrogens (tertiary/aromatic N) is 2. The summed E-state index contributed by atoms with van der Waals surface area (Å²) >= 11 is 3.48. The SMILES string of the molecule is Cc1cc(OCc2cn3ccccc3n2)ccc1Br. The topological polar surface area (TPSA) is 26.5 Å². The van der Waals surface area contributed by atoms with E-state index in [0.29, 0.717) is 6.61 Å². The van der Waals surface area contributed by atoms with Crippen LogP contribution in [-0.4, -0.2) is 9.38 Å². The fraction of sp³-hybridized carbons (Fsp3) is 0.133. The summed E-state index contributed by atoms with van der Waals surface area (Å²) in [7, 11) is 0. The minimum atomic E-state index is 0.475. The Morgan fingerprint density at radius 2 is 2.16 bits per heavy atom. The molecule has 0 amide bonds. The molecule has 0 atom stereocenters. The van der Waals surface area contributed by atoms with Crippen LogP contribution in [0.25, 0.3) is 5.65 Å². The summed E-state index contributed by atoms with van der Waals surface area (Å²) in [5, 5.41) is 0. The van der Waals surface area contributed by atoms with Crippen molar-refractivity contribution in [1.82, 2.24) is 9.38 Å². The summed E-state index contributed by atoms with van der Waals surface area (Å²) in [5.41, 5.74) is 3.02. The maximum atomic E-state index is 5.76. The first kappa shape index (κ1) is 12.2. The normalized spacial score (nSPS) is 10.8. The first-order valence-corrected chi connectivity index (χ1v) is 6.83. The van der Waals surface area contributed by atoms with E-state index in [1.54, 1.807) is 0 Å². The molecule has 0 saturated carbocycles. The molecule has 0 fully saturated rings. The van der Waals surface area contributed by atoms with Crippen LogP contribution in [0, 0.1) is 6.92 Å². The van der Waals surface area contributed by atoms with Gasteiger partial charge in [-0.2, -0.15) is 0 Å². The smallest absolute Gasteiger partial charge is 0.137 e. The van der Waals surface area contributed by atoms with Gasteiger partial charge in [0.15, 0.2) is 0 Å². The molecule has 0 bridgehead atoms. The molecular formula is C15H13BrN2O. The predicted octanol–water partition coefficient (Wildman–Crippen LogP) is 3.98. The highest BCUT2D eigenvalue weighted by molar-refractivity contribution is 9.10. The molecule has 3 rings (SSSR count). The van der Waals surface area contributed by atoms with Crippen LogP contribution >= 0.6 is 15.9 Å². The predicted molar refractivity (Wildman–Crippen MR) is 78.4 cm³/mol. The molecule has 3 aromatic rings. The minimum absolute atomic E-state index is 0.475. The van der Waals surface area contributed by atoms with E-state index in [4.69, 9.17) is 4.74 Å². The van der Waals surface area contributed by atoms with Crippen molar-refractivity contribution in [3.05, 3.63) is 64.5 Å². The van der Waals surface area contributed by atoms with Crippen molar-refractivity contribution < 1.29 is 4.74 Å². The van der Waals surface area contributed by atoms with E-state index in [2.05, 4.69) is 20.9 Å².